The van der Waals surface area contributed by atoms with Gasteiger partial charge in [0.1, 0.15) is 10.6 Å². The molecule has 2 aromatic rings. The molecule has 2 aliphatic rings. The van der Waals surface area contributed by atoms with Crippen molar-refractivity contribution in [3.05, 3.63) is 59.2 Å². The maximum atomic E-state index is 15.2. The van der Waals surface area contributed by atoms with Gasteiger partial charge in [0.15, 0.2) is 21.4 Å². The molecule has 1 saturated carbocycles. The van der Waals surface area contributed by atoms with Gasteiger partial charge >= 0.3 is 12.1 Å². The number of hydrogen-bond acceptors (Lipinski definition) is 5. The highest BCUT2D eigenvalue weighted by Gasteiger charge is 2.59. The average Bonchev–Trinajstić information content (AvgIpc) is 2.80. The Labute approximate surface area is 199 Å². The van der Waals surface area contributed by atoms with Crippen LogP contribution in [-0.4, -0.2) is 27.6 Å². The molecule has 0 N–H and O–H groups in total. The van der Waals surface area contributed by atoms with Crippen LogP contribution in [0.1, 0.15) is 43.7 Å². The average molecular weight is 519 g/mol. The van der Waals surface area contributed by atoms with Crippen LogP contribution in [0.2, 0.25) is 0 Å². The van der Waals surface area contributed by atoms with Crippen LogP contribution in [-0.2, 0) is 30.3 Å². The van der Waals surface area contributed by atoms with Gasteiger partial charge in [-0.2, -0.15) is 13.2 Å². The number of esters is 1. The molecule has 0 bridgehead atoms. The lowest BCUT2D eigenvalue weighted by Crippen LogP contribution is -2.52. The van der Waals surface area contributed by atoms with Gasteiger partial charge in [0, 0.05) is 12.3 Å². The number of benzene rings is 2. The topological polar surface area (TPSA) is 69.7 Å². The van der Waals surface area contributed by atoms with Gasteiger partial charge in [-0.3, -0.25) is 4.79 Å². The molecule has 3 atom stereocenters. The van der Waals surface area contributed by atoms with Crippen LogP contribution in [0.5, 0.6) is 5.75 Å². The zero-order chi connectivity index (χ0) is 25.6. The van der Waals surface area contributed by atoms with Crippen molar-refractivity contribution in [1.29, 1.82) is 0 Å². The Morgan fingerprint density at radius 2 is 1.77 bits per heavy atom. The summed E-state index contributed by atoms with van der Waals surface area (Å²) in [6.07, 6.45) is -4.48. The van der Waals surface area contributed by atoms with E-state index in [1.807, 2.05) is 0 Å². The van der Waals surface area contributed by atoms with E-state index in [4.69, 9.17) is 9.47 Å². The van der Waals surface area contributed by atoms with E-state index in [2.05, 4.69) is 0 Å². The summed E-state index contributed by atoms with van der Waals surface area (Å²) in [6.45, 7) is 1.58. The lowest BCUT2D eigenvalue weighted by molar-refractivity contribution is -0.144. The molecule has 4 rings (SSSR count). The van der Waals surface area contributed by atoms with Crippen LogP contribution in [0, 0.1) is 23.5 Å². The molecule has 1 aliphatic heterocycles. The third-order valence-corrected chi connectivity index (χ3v) is 9.44. The number of carbonyl (C=O) groups excluding carboxylic acids is 1. The number of alkyl halides is 3. The summed E-state index contributed by atoms with van der Waals surface area (Å²) in [7, 11) is -4.53. The number of hydrogen-bond donors (Lipinski definition) is 0. The van der Waals surface area contributed by atoms with E-state index in [1.165, 1.54) is 0 Å². The van der Waals surface area contributed by atoms with Crippen LogP contribution >= 0.6 is 0 Å². The van der Waals surface area contributed by atoms with E-state index in [1.54, 1.807) is 6.92 Å². The maximum absolute atomic E-state index is 15.2. The highest BCUT2D eigenvalue weighted by molar-refractivity contribution is 7.92. The quantitative estimate of drug-likeness (QED) is 0.391. The first-order valence-electron chi connectivity index (χ1n) is 11.1. The van der Waals surface area contributed by atoms with Gasteiger partial charge in [-0.1, -0.05) is 0 Å². The van der Waals surface area contributed by atoms with Gasteiger partial charge in [0.05, 0.1) is 29.2 Å². The Morgan fingerprint density at radius 3 is 2.40 bits per heavy atom. The summed E-state index contributed by atoms with van der Waals surface area (Å²) in [5.41, 5.74) is -1.49. The third kappa shape index (κ3) is 4.28. The first-order valence-corrected chi connectivity index (χ1v) is 12.6. The summed E-state index contributed by atoms with van der Waals surface area (Å²) < 4.78 is 106. The molecule has 0 spiro atoms. The van der Waals surface area contributed by atoms with Crippen molar-refractivity contribution in [1.82, 2.24) is 0 Å². The first-order chi connectivity index (χ1) is 16.4. The number of carbonyl (C=O) groups is 1. The summed E-state index contributed by atoms with van der Waals surface area (Å²) in [5.74, 6) is -4.03. The maximum Gasteiger partial charge on any atom is 0.416 e. The Balaban J connectivity index is 1.83. The van der Waals surface area contributed by atoms with Gasteiger partial charge in [-0.15, -0.1) is 0 Å². The first kappa shape index (κ1) is 25.4. The van der Waals surface area contributed by atoms with Crippen molar-refractivity contribution in [3.63, 3.8) is 0 Å². The standard InChI is InChI=1S/C24H23F5O5S/c1-2-33-20(30)12-14-9-10-23(35(31,32)17-5-3-15(4-6-17)24(27,28)29)16(11-14)13-34-22-19(26)8-7-18(25)21(22)23/h3-8,14,16H,2,9-13H2,1H3. The number of fused-ring (bicyclic) bond motifs is 3. The third-order valence-electron chi connectivity index (χ3n) is 6.84. The predicted octanol–water partition coefficient (Wildman–Crippen LogP) is 5.41. The molecule has 2 aromatic carbocycles. The van der Waals surface area contributed by atoms with Crippen molar-refractivity contribution < 1.29 is 44.6 Å². The van der Waals surface area contributed by atoms with Crippen molar-refractivity contribution in [2.45, 2.75) is 48.4 Å². The molecule has 0 radical (unpaired) electrons. The summed E-state index contributed by atoms with van der Waals surface area (Å²) >= 11 is 0. The van der Waals surface area contributed by atoms with Gasteiger partial charge in [-0.05, 0) is 68.5 Å². The number of rotatable bonds is 5. The van der Waals surface area contributed by atoms with Crippen LogP contribution in [0.15, 0.2) is 41.3 Å². The van der Waals surface area contributed by atoms with E-state index in [0.717, 1.165) is 24.3 Å². The van der Waals surface area contributed by atoms with Crippen LogP contribution in [0.3, 0.4) is 0 Å². The van der Waals surface area contributed by atoms with E-state index in [-0.39, 0.29) is 44.8 Å². The van der Waals surface area contributed by atoms with Crippen molar-refractivity contribution in [3.8, 4) is 5.75 Å². The summed E-state index contributed by atoms with van der Waals surface area (Å²) in [6, 6.07) is 4.61. The summed E-state index contributed by atoms with van der Waals surface area (Å²) in [4.78, 5) is 11.6. The van der Waals surface area contributed by atoms with Gasteiger partial charge < -0.3 is 9.47 Å². The highest BCUT2D eigenvalue weighted by Crippen LogP contribution is 2.57. The molecule has 1 heterocycles. The SMILES string of the molecule is CCOC(=O)CC1CCC2(S(=O)(=O)c3ccc(C(F)(F)F)cc3)c3c(F)ccc(F)c3OCC2C1. The fourth-order valence-electron chi connectivity index (χ4n) is 5.28. The molecule has 0 aromatic heterocycles. The van der Waals surface area contributed by atoms with Crippen molar-refractivity contribution in [2.75, 3.05) is 13.2 Å². The normalized spacial score (nSPS) is 24.2. The molecular formula is C24H23F5O5S. The molecule has 0 saturated heterocycles. The minimum Gasteiger partial charge on any atom is -0.490 e. The Kier molecular flexibility index (Phi) is 6.58. The molecule has 1 aliphatic carbocycles. The van der Waals surface area contributed by atoms with Gasteiger partial charge in [0.25, 0.3) is 0 Å². The molecule has 11 heteroatoms. The highest BCUT2D eigenvalue weighted by atomic mass is 32.2. The zero-order valence-corrected chi connectivity index (χ0v) is 19.5. The minimum atomic E-state index is -4.67. The minimum absolute atomic E-state index is 0.0270. The molecule has 35 heavy (non-hydrogen) atoms. The second-order valence-corrected chi connectivity index (χ2v) is 11.0. The largest absolute Gasteiger partial charge is 0.490 e. The lowest BCUT2D eigenvalue weighted by Gasteiger charge is -2.49. The molecule has 190 valence electrons. The Bertz CT molecular complexity index is 1230. The van der Waals surface area contributed by atoms with Crippen LogP contribution in [0.25, 0.3) is 0 Å². The van der Waals surface area contributed by atoms with Gasteiger partial charge in [-0.25, -0.2) is 17.2 Å². The fourth-order valence-corrected chi connectivity index (χ4v) is 7.64. The monoisotopic (exact) mass is 518 g/mol. The van der Waals surface area contributed by atoms with Crippen molar-refractivity contribution >= 4 is 15.8 Å². The lowest BCUT2D eigenvalue weighted by atomic mass is 9.68. The smallest absolute Gasteiger partial charge is 0.416 e. The van der Waals surface area contributed by atoms with E-state index < -0.39 is 66.1 Å². The van der Waals surface area contributed by atoms with E-state index in [9.17, 15) is 30.8 Å². The summed E-state index contributed by atoms with van der Waals surface area (Å²) in [5, 5.41) is 0. The van der Waals surface area contributed by atoms with Gasteiger partial charge in [0.2, 0.25) is 0 Å². The number of halogens is 5. The molecule has 0 amide bonds. The predicted molar refractivity (Wildman–Crippen MR) is 114 cm³/mol. The number of ether oxygens (including phenoxy) is 2. The van der Waals surface area contributed by atoms with Crippen LogP contribution < -0.4 is 4.74 Å². The fraction of sp³-hybridized carbons (Fsp3) is 0.458. The Hall–Kier alpha value is -2.69. The van der Waals surface area contributed by atoms with Crippen molar-refractivity contribution in [2.24, 2.45) is 11.8 Å². The molecule has 3 unspecified atom stereocenters. The molecule has 1 fully saturated rings. The molecule has 5 nitrogen and oxygen atoms in total. The zero-order valence-electron chi connectivity index (χ0n) is 18.7. The second-order valence-electron chi connectivity index (χ2n) is 8.81. The van der Waals surface area contributed by atoms with Crippen LogP contribution in [0.4, 0.5) is 22.0 Å². The second kappa shape index (κ2) is 9.07. The van der Waals surface area contributed by atoms with E-state index >= 15 is 4.39 Å². The Morgan fingerprint density at radius 1 is 1.11 bits per heavy atom. The van der Waals surface area contributed by atoms with E-state index in [0.29, 0.717) is 12.1 Å². The molecular weight excluding hydrogens is 495 g/mol. The number of sulfone groups is 1.